The Morgan fingerprint density at radius 1 is 1.31 bits per heavy atom. The molecule has 0 saturated heterocycles. The molecule has 0 radical (unpaired) electrons. The lowest BCUT2D eigenvalue weighted by Crippen LogP contribution is -2.12. The highest BCUT2D eigenvalue weighted by atomic mass is 127. The van der Waals surface area contributed by atoms with Crippen LogP contribution in [0.4, 0.5) is 4.39 Å². The van der Waals surface area contributed by atoms with Crippen molar-refractivity contribution in [2.45, 2.75) is 13.0 Å². The predicted octanol–water partition coefficient (Wildman–Crippen LogP) is 3.35. The van der Waals surface area contributed by atoms with Crippen molar-refractivity contribution >= 4 is 22.6 Å². The van der Waals surface area contributed by atoms with Gasteiger partial charge in [0, 0.05) is 16.6 Å². The van der Waals surface area contributed by atoms with Gasteiger partial charge >= 0.3 is 0 Å². The maximum Gasteiger partial charge on any atom is 0.129 e. The van der Waals surface area contributed by atoms with E-state index in [9.17, 15) is 4.39 Å². The summed E-state index contributed by atoms with van der Waals surface area (Å²) in [6.45, 7) is 3.67. The molecule has 16 heavy (non-hydrogen) atoms. The molecule has 4 heteroatoms. The lowest BCUT2D eigenvalue weighted by atomic mass is 10.1. The van der Waals surface area contributed by atoms with Crippen LogP contribution in [0, 0.1) is 5.82 Å². The number of rotatable bonds is 7. The molecule has 0 aliphatic rings. The number of hydrogen-bond donors (Lipinski definition) is 0. The molecule has 1 aromatic carbocycles. The Balaban J connectivity index is 2.51. The van der Waals surface area contributed by atoms with Gasteiger partial charge in [0.2, 0.25) is 0 Å². The number of benzene rings is 1. The fraction of sp³-hybridized carbons (Fsp3) is 0.500. The van der Waals surface area contributed by atoms with Crippen LogP contribution in [0.5, 0.6) is 0 Å². The molecule has 0 amide bonds. The Labute approximate surface area is 109 Å². The Morgan fingerprint density at radius 2 is 2.06 bits per heavy atom. The quantitative estimate of drug-likeness (QED) is 0.431. The molecule has 90 valence electrons. The Kier molecular flexibility index (Phi) is 6.91. The first-order valence-electron chi connectivity index (χ1n) is 5.29. The first-order chi connectivity index (χ1) is 7.79. The maximum absolute atomic E-state index is 13.5. The van der Waals surface area contributed by atoms with E-state index in [4.69, 9.17) is 9.47 Å². The van der Waals surface area contributed by atoms with Crippen LogP contribution < -0.4 is 0 Å². The van der Waals surface area contributed by atoms with Gasteiger partial charge in [-0.25, -0.2) is 4.39 Å². The normalized spacial score (nSPS) is 12.7. The van der Waals surface area contributed by atoms with E-state index in [1.165, 1.54) is 6.07 Å². The molecule has 0 aliphatic heterocycles. The van der Waals surface area contributed by atoms with Crippen molar-refractivity contribution in [2.75, 3.05) is 24.2 Å². The molecule has 0 saturated carbocycles. The first-order valence-corrected chi connectivity index (χ1v) is 6.81. The highest BCUT2D eigenvalue weighted by Gasteiger charge is 2.14. The summed E-state index contributed by atoms with van der Waals surface area (Å²) in [5.74, 6) is -0.208. The van der Waals surface area contributed by atoms with E-state index in [0.717, 1.165) is 4.43 Å². The predicted molar refractivity (Wildman–Crippen MR) is 70.5 cm³/mol. The van der Waals surface area contributed by atoms with Gasteiger partial charge in [-0.05, 0) is 13.0 Å². The van der Waals surface area contributed by atoms with Crippen LogP contribution in [0.1, 0.15) is 18.6 Å². The summed E-state index contributed by atoms with van der Waals surface area (Å²) in [5.41, 5.74) is 0.619. The summed E-state index contributed by atoms with van der Waals surface area (Å²) in [6, 6.07) is 6.73. The van der Waals surface area contributed by atoms with Gasteiger partial charge in [0.15, 0.2) is 0 Å². The van der Waals surface area contributed by atoms with E-state index in [2.05, 4.69) is 22.6 Å². The standard InChI is InChI=1S/C12H16FIO2/c1-2-15-7-8-16-12(9-14)10-5-3-4-6-11(10)13/h3-6,12H,2,7-9H2,1H3. The van der Waals surface area contributed by atoms with E-state index < -0.39 is 0 Å². The molecule has 0 fully saturated rings. The van der Waals surface area contributed by atoms with E-state index in [1.54, 1.807) is 12.1 Å². The van der Waals surface area contributed by atoms with Crippen molar-refractivity contribution in [3.8, 4) is 0 Å². The molecule has 2 nitrogen and oxygen atoms in total. The van der Waals surface area contributed by atoms with Crippen LogP contribution >= 0.6 is 22.6 Å². The van der Waals surface area contributed by atoms with Crippen LogP contribution in [0.15, 0.2) is 24.3 Å². The zero-order valence-corrected chi connectivity index (χ0v) is 11.4. The van der Waals surface area contributed by atoms with Crippen molar-refractivity contribution in [3.63, 3.8) is 0 Å². The van der Waals surface area contributed by atoms with Crippen molar-refractivity contribution in [1.29, 1.82) is 0 Å². The lowest BCUT2D eigenvalue weighted by Gasteiger charge is -2.16. The van der Waals surface area contributed by atoms with Crippen molar-refractivity contribution in [2.24, 2.45) is 0 Å². The SMILES string of the molecule is CCOCCOC(CI)c1ccccc1F. The van der Waals surface area contributed by atoms with Gasteiger partial charge in [-0.2, -0.15) is 0 Å². The lowest BCUT2D eigenvalue weighted by molar-refractivity contribution is 0.0165. The van der Waals surface area contributed by atoms with Crippen molar-refractivity contribution in [3.05, 3.63) is 35.6 Å². The third kappa shape index (κ3) is 4.35. The van der Waals surface area contributed by atoms with Gasteiger partial charge < -0.3 is 9.47 Å². The summed E-state index contributed by atoms with van der Waals surface area (Å²) in [4.78, 5) is 0. The summed E-state index contributed by atoms with van der Waals surface area (Å²) < 4.78 is 25.0. The van der Waals surface area contributed by atoms with Crippen LogP contribution in [0.2, 0.25) is 0 Å². The molecular formula is C12H16FIO2. The zero-order chi connectivity index (χ0) is 11.8. The van der Waals surface area contributed by atoms with E-state index in [-0.39, 0.29) is 11.9 Å². The van der Waals surface area contributed by atoms with Crippen LogP contribution in [0.25, 0.3) is 0 Å². The molecule has 0 N–H and O–H groups in total. The maximum atomic E-state index is 13.5. The summed E-state index contributed by atoms with van der Waals surface area (Å²) in [5, 5.41) is 0. The smallest absolute Gasteiger partial charge is 0.129 e. The van der Waals surface area contributed by atoms with E-state index in [1.807, 2.05) is 13.0 Å². The van der Waals surface area contributed by atoms with E-state index in [0.29, 0.717) is 25.4 Å². The summed E-state index contributed by atoms with van der Waals surface area (Å²) in [7, 11) is 0. The fourth-order valence-corrected chi connectivity index (χ4v) is 2.08. The molecule has 0 spiro atoms. The second-order valence-electron chi connectivity index (χ2n) is 3.23. The summed E-state index contributed by atoms with van der Waals surface area (Å²) in [6.07, 6.45) is -0.192. The van der Waals surface area contributed by atoms with Gasteiger partial charge in [-0.1, -0.05) is 40.8 Å². The third-order valence-electron chi connectivity index (χ3n) is 2.14. The number of ether oxygens (including phenoxy) is 2. The van der Waals surface area contributed by atoms with Gasteiger partial charge in [-0.3, -0.25) is 0 Å². The average molecular weight is 338 g/mol. The van der Waals surface area contributed by atoms with Gasteiger partial charge in [0.25, 0.3) is 0 Å². The molecule has 1 rings (SSSR count). The summed E-state index contributed by atoms with van der Waals surface area (Å²) >= 11 is 2.20. The molecule has 1 aromatic rings. The van der Waals surface area contributed by atoms with Gasteiger partial charge in [0.1, 0.15) is 5.82 Å². The molecule has 0 bridgehead atoms. The van der Waals surface area contributed by atoms with Crippen LogP contribution in [-0.2, 0) is 9.47 Å². The van der Waals surface area contributed by atoms with Gasteiger partial charge in [0.05, 0.1) is 19.3 Å². The first kappa shape index (κ1) is 13.9. The minimum Gasteiger partial charge on any atom is -0.379 e. The molecule has 0 aliphatic carbocycles. The van der Waals surface area contributed by atoms with Gasteiger partial charge in [-0.15, -0.1) is 0 Å². The Hall–Kier alpha value is -0.200. The third-order valence-corrected chi connectivity index (χ3v) is 2.94. The molecule has 0 aromatic heterocycles. The minimum atomic E-state index is -0.208. The molecular weight excluding hydrogens is 322 g/mol. The second-order valence-corrected chi connectivity index (χ2v) is 4.11. The van der Waals surface area contributed by atoms with Crippen LogP contribution in [-0.4, -0.2) is 24.2 Å². The number of alkyl halides is 1. The molecule has 1 atom stereocenters. The van der Waals surface area contributed by atoms with Crippen LogP contribution in [0.3, 0.4) is 0 Å². The highest BCUT2D eigenvalue weighted by molar-refractivity contribution is 14.1. The zero-order valence-electron chi connectivity index (χ0n) is 9.29. The van der Waals surface area contributed by atoms with Crippen molar-refractivity contribution in [1.82, 2.24) is 0 Å². The average Bonchev–Trinajstić information content (AvgIpc) is 2.31. The molecule has 1 unspecified atom stereocenters. The van der Waals surface area contributed by atoms with E-state index >= 15 is 0 Å². The Morgan fingerprint density at radius 3 is 2.69 bits per heavy atom. The minimum absolute atomic E-state index is 0.192. The topological polar surface area (TPSA) is 18.5 Å². The second kappa shape index (κ2) is 7.97. The monoisotopic (exact) mass is 338 g/mol. The van der Waals surface area contributed by atoms with Crippen molar-refractivity contribution < 1.29 is 13.9 Å². The highest BCUT2D eigenvalue weighted by Crippen LogP contribution is 2.22. The molecule has 0 heterocycles. The number of hydrogen-bond acceptors (Lipinski definition) is 2. The fourth-order valence-electron chi connectivity index (χ4n) is 1.35. The number of halogens is 2. The largest absolute Gasteiger partial charge is 0.379 e. The Bertz CT molecular complexity index is 307.